The Labute approximate surface area is 210 Å². The maximum absolute atomic E-state index is 12.8. The van der Waals surface area contributed by atoms with Gasteiger partial charge in [0.05, 0.1) is 17.6 Å². The molecule has 196 valence electrons. The van der Waals surface area contributed by atoms with E-state index in [4.69, 9.17) is 0 Å². The minimum Gasteiger partial charge on any atom is -0.481 e. The summed E-state index contributed by atoms with van der Waals surface area (Å²) in [5, 5.41) is 33.0. The van der Waals surface area contributed by atoms with Crippen LogP contribution in [0.15, 0.2) is 11.6 Å². The Morgan fingerprint density at radius 3 is 2.23 bits per heavy atom. The van der Waals surface area contributed by atoms with E-state index in [0.29, 0.717) is 25.2 Å². The lowest BCUT2D eigenvalue weighted by Crippen LogP contribution is -2.67. The van der Waals surface area contributed by atoms with Crippen LogP contribution in [-0.4, -0.2) is 39.8 Å². The van der Waals surface area contributed by atoms with Gasteiger partial charge in [-0.3, -0.25) is 4.79 Å². The Bertz CT molecular complexity index is 970. The minimum absolute atomic E-state index is 0.0507. The number of hydrogen-bond donors (Lipinski definition) is 3. The molecule has 4 fully saturated rings. The lowest BCUT2D eigenvalue weighted by Gasteiger charge is -2.71. The van der Waals surface area contributed by atoms with Crippen molar-refractivity contribution in [1.29, 1.82) is 0 Å². The molecule has 5 heteroatoms. The number of aliphatic hydroxyl groups excluding tert-OH is 2. The fourth-order valence-electron chi connectivity index (χ4n) is 10.6. The van der Waals surface area contributed by atoms with Crippen molar-refractivity contribution < 1.29 is 24.9 Å². The fourth-order valence-corrected chi connectivity index (χ4v) is 10.6. The standard InChI is InChI=1S/C30H46O5/c1-25(2)13-14-30(24(34)35)19(15-25)18-7-8-21-26(3)11-10-22(32)27(4,17-31)20(26)9-12-28(21,5)29(18,6)16-23(30)33/h7,17,19-23,32-33H,8-16H2,1-6H3,(H,34,35)/t19-,20-,21-,22+,23-,26+,27+,28-,29+,30-/m1/s1. The van der Waals surface area contributed by atoms with Gasteiger partial charge in [-0.05, 0) is 97.2 Å². The molecule has 0 heterocycles. The van der Waals surface area contributed by atoms with E-state index in [1.807, 2.05) is 6.92 Å². The fraction of sp³-hybridized carbons (Fsp3) is 0.867. The summed E-state index contributed by atoms with van der Waals surface area (Å²) in [5.41, 5.74) is -0.934. The van der Waals surface area contributed by atoms with Crippen LogP contribution in [-0.2, 0) is 9.59 Å². The van der Waals surface area contributed by atoms with Crippen molar-refractivity contribution in [2.24, 2.45) is 50.2 Å². The topological polar surface area (TPSA) is 94.8 Å². The van der Waals surface area contributed by atoms with Crippen LogP contribution in [0.4, 0.5) is 0 Å². The number of hydrogen-bond acceptors (Lipinski definition) is 4. The first kappa shape index (κ1) is 25.4. The smallest absolute Gasteiger partial charge is 0.312 e. The second-order valence-corrected chi connectivity index (χ2v) is 14.8. The van der Waals surface area contributed by atoms with Gasteiger partial charge in [0.15, 0.2) is 0 Å². The van der Waals surface area contributed by atoms with Crippen molar-refractivity contribution >= 4 is 12.3 Å². The predicted molar refractivity (Wildman–Crippen MR) is 134 cm³/mol. The SMILES string of the molecule is CC1(C)CC[C@]2(C(=O)O)[C@H](O)C[C@@]3(C)C(=CC[C@@H]4[C@@]5(C)CC[C@H](O)[C@@](C)(C=O)[C@@H]5CC[C@]43C)[C@H]2C1. The summed E-state index contributed by atoms with van der Waals surface area (Å²) in [6.45, 7) is 13.5. The van der Waals surface area contributed by atoms with Crippen molar-refractivity contribution in [3.05, 3.63) is 11.6 Å². The van der Waals surface area contributed by atoms with Crippen molar-refractivity contribution in [2.45, 2.75) is 112 Å². The Balaban J connectivity index is 1.63. The largest absolute Gasteiger partial charge is 0.481 e. The third-order valence-electron chi connectivity index (χ3n) is 13.0. The maximum atomic E-state index is 12.8. The second kappa shape index (κ2) is 7.43. The van der Waals surface area contributed by atoms with Crippen molar-refractivity contribution in [3.63, 3.8) is 0 Å². The van der Waals surface area contributed by atoms with Crippen LogP contribution < -0.4 is 0 Å². The molecule has 3 N–H and O–H groups in total. The molecule has 0 aromatic heterocycles. The number of carboxylic acid groups (broad SMARTS) is 1. The van der Waals surface area contributed by atoms with Crippen LogP contribution in [0, 0.1) is 50.2 Å². The van der Waals surface area contributed by atoms with Crippen LogP contribution in [0.3, 0.4) is 0 Å². The Morgan fingerprint density at radius 2 is 1.60 bits per heavy atom. The normalized spacial score (nSPS) is 54.9. The molecule has 5 aliphatic carbocycles. The van der Waals surface area contributed by atoms with Crippen molar-refractivity contribution in [2.75, 3.05) is 0 Å². The van der Waals surface area contributed by atoms with Gasteiger partial charge >= 0.3 is 5.97 Å². The number of aliphatic hydroxyl groups is 2. The monoisotopic (exact) mass is 486 g/mol. The van der Waals surface area contributed by atoms with E-state index in [0.717, 1.165) is 44.8 Å². The van der Waals surface area contributed by atoms with Crippen LogP contribution in [0.1, 0.15) is 99.3 Å². The van der Waals surface area contributed by atoms with Crippen LogP contribution >= 0.6 is 0 Å². The minimum atomic E-state index is -1.09. The highest BCUT2D eigenvalue weighted by molar-refractivity contribution is 5.77. The summed E-state index contributed by atoms with van der Waals surface area (Å²) >= 11 is 0. The molecule has 35 heavy (non-hydrogen) atoms. The quantitative estimate of drug-likeness (QED) is 0.360. The van der Waals surface area contributed by atoms with Crippen molar-refractivity contribution in [1.82, 2.24) is 0 Å². The number of carboxylic acids is 1. The van der Waals surface area contributed by atoms with Gasteiger partial charge in [0.25, 0.3) is 0 Å². The molecule has 10 atom stereocenters. The van der Waals surface area contributed by atoms with Crippen LogP contribution in [0.2, 0.25) is 0 Å². The third-order valence-corrected chi connectivity index (χ3v) is 13.0. The van der Waals surface area contributed by atoms with Crippen molar-refractivity contribution in [3.8, 4) is 0 Å². The summed E-state index contributed by atoms with van der Waals surface area (Å²) in [6.07, 6.45) is 8.83. The average Bonchev–Trinajstić information content (AvgIpc) is 2.76. The second-order valence-electron chi connectivity index (χ2n) is 14.8. The van der Waals surface area contributed by atoms with Gasteiger partial charge in [0.2, 0.25) is 0 Å². The molecule has 0 radical (unpaired) electrons. The predicted octanol–water partition coefficient (Wildman–Crippen LogP) is 5.38. The molecule has 0 aliphatic heterocycles. The molecule has 0 spiro atoms. The molecule has 0 saturated heterocycles. The van der Waals surface area contributed by atoms with E-state index < -0.39 is 29.0 Å². The lowest BCUT2D eigenvalue weighted by atomic mass is 9.33. The van der Waals surface area contributed by atoms with E-state index in [1.54, 1.807) is 0 Å². The number of fused-ring (bicyclic) bond motifs is 7. The number of aliphatic carboxylic acids is 1. The average molecular weight is 487 g/mol. The molecular formula is C30H46O5. The molecule has 0 aromatic carbocycles. The number of aldehydes is 1. The summed E-state index contributed by atoms with van der Waals surface area (Å²) < 4.78 is 0. The summed E-state index contributed by atoms with van der Waals surface area (Å²) in [6, 6.07) is 0. The Hall–Kier alpha value is -1.20. The highest BCUT2D eigenvalue weighted by Crippen LogP contribution is 2.75. The Morgan fingerprint density at radius 1 is 0.914 bits per heavy atom. The number of rotatable bonds is 2. The molecule has 5 aliphatic rings. The summed E-state index contributed by atoms with van der Waals surface area (Å²) in [5.74, 6) is -0.517. The van der Waals surface area contributed by atoms with Gasteiger partial charge in [-0.2, -0.15) is 0 Å². The highest BCUT2D eigenvalue weighted by atomic mass is 16.4. The number of allylic oxidation sites excluding steroid dienone is 2. The summed E-state index contributed by atoms with van der Waals surface area (Å²) in [4.78, 5) is 25.1. The van der Waals surface area contributed by atoms with Gasteiger partial charge in [-0.25, -0.2) is 0 Å². The molecule has 0 aromatic rings. The molecule has 0 unspecified atom stereocenters. The first-order chi connectivity index (χ1) is 16.1. The van der Waals surface area contributed by atoms with Crippen LogP contribution in [0.5, 0.6) is 0 Å². The summed E-state index contributed by atoms with van der Waals surface area (Å²) in [7, 11) is 0. The maximum Gasteiger partial charge on any atom is 0.312 e. The lowest BCUT2D eigenvalue weighted by molar-refractivity contribution is -0.217. The first-order valence-corrected chi connectivity index (χ1v) is 13.9. The van der Waals surface area contributed by atoms with E-state index >= 15 is 0 Å². The number of carbonyl (C=O) groups is 2. The zero-order valence-corrected chi connectivity index (χ0v) is 22.6. The van der Waals surface area contributed by atoms with Gasteiger partial charge in [0, 0.05) is 0 Å². The third kappa shape index (κ3) is 2.94. The molecule has 4 saturated carbocycles. The van der Waals surface area contributed by atoms with Crippen LogP contribution in [0.25, 0.3) is 0 Å². The highest BCUT2D eigenvalue weighted by Gasteiger charge is 2.71. The van der Waals surface area contributed by atoms with E-state index in [1.165, 1.54) is 5.57 Å². The molecular weight excluding hydrogens is 440 g/mol. The molecule has 0 bridgehead atoms. The Kier molecular flexibility index (Phi) is 5.40. The van der Waals surface area contributed by atoms with Gasteiger partial charge < -0.3 is 20.1 Å². The van der Waals surface area contributed by atoms with Gasteiger partial charge in [-0.1, -0.05) is 53.2 Å². The van der Waals surface area contributed by atoms with Gasteiger partial charge in [-0.15, -0.1) is 0 Å². The van der Waals surface area contributed by atoms with Gasteiger partial charge in [0.1, 0.15) is 11.7 Å². The van der Waals surface area contributed by atoms with E-state index in [9.17, 15) is 24.9 Å². The molecule has 5 nitrogen and oxygen atoms in total. The van der Waals surface area contributed by atoms with E-state index in [-0.39, 0.29) is 33.5 Å². The molecule has 5 rings (SSSR count). The number of carbonyl (C=O) groups excluding carboxylic acids is 1. The first-order valence-electron chi connectivity index (χ1n) is 13.9. The molecule has 0 amide bonds. The zero-order chi connectivity index (χ0) is 25.8. The van der Waals surface area contributed by atoms with E-state index in [2.05, 4.69) is 40.7 Å². The zero-order valence-electron chi connectivity index (χ0n) is 22.6.